The molecular formula is C24H22BrF2N7O2. The maximum absolute atomic E-state index is 14.7. The summed E-state index contributed by atoms with van der Waals surface area (Å²) in [4.78, 5) is 24.3. The van der Waals surface area contributed by atoms with Gasteiger partial charge >= 0.3 is 0 Å². The van der Waals surface area contributed by atoms with Crippen LogP contribution in [0.1, 0.15) is 0 Å². The lowest BCUT2D eigenvalue weighted by Gasteiger charge is -2.15. The maximum Gasteiger partial charge on any atom is 0.247 e. The van der Waals surface area contributed by atoms with Gasteiger partial charge in [-0.2, -0.15) is 4.98 Å². The van der Waals surface area contributed by atoms with Gasteiger partial charge in [-0.25, -0.2) is 13.8 Å². The predicted molar refractivity (Wildman–Crippen MR) is 140 cm³/mol. The third-order valence-corrected chi connectivity index (χ3v) is 5.23. The molecule has 36 heavy (non-hydrogen) atoms. The molecule has 0 bridgehead atoms. The average Bonchev–Trinajstić information content (AvgIpc) is 2.87. The van der Waals surface area contributed by atoms with Crippen molar-refractivity contribution < 1.29 is 18.7 Å². The van der Waals surface area contributed by atoms with Crippen LogP contribution in [-0.2, 0) is 4.79 Å². The van der Waals surface area contributed by atoms with Crippen LogP contribution in [0.5, 0.6) is 0 Å². The summed E-state index contributed by atoms with van der Waals surface area (Å²) >= 11 is 3.12. The molecule has 1 aromatic heterocycles. The Hall–Kier alpha value is -4.16. The number of aliphatic imine (C=N–C) groups is 1. The summed E-state index contributed by atoms with van der Waals surface area (Å²) in [5.74, 6) is -1.36. The second-order valence-electron chi connectivity index (χ2n) is 7.10. The van der Waals surface area contributed by atoms with E-state index in [1.165, 1.54) is 48.9 Å². The monoisotopic (exact) mass is 557 g/mol. The number of carbonyl (C=O) groups is 1. The predicted octanol–water partition coefficient (Wildman–Crippen LogP) is 4.33. The van der Waals surface area contributed by atoms with Crippen molar-refractivity contribution in [1.29, 1.82) is 0 Å². The van der Waals surface area contributed by atoms with E-state index < -0.39 is 17.5 Å². The number of allylic oxidation sites excluding steroid dienone is 1. The number of halogens is 3. The zero-order valence-corrected chi connectivity index (χ0v) is 20.4. The molecule has 2 aromatic carbocycles. The number of aromatic nitrogens is 2. The van der Waals surface area contributed by atoms with E-state index in [1.54, 1.807) is 6.07 Å². The number of aliphatic hydroxyl groups excluding tert-OH is 1. The van der Waals surface area contributed by atoms with Crippen LogP contribution in [0, 0.1) is 11.6 Å². The van der Waals surface area contributed by atoms with E-state index in [0.717, 1.165) is 6.08 Å². The van der Waals surface area contributed by atoms with Gasteiger partial charge in [-0.15, -0.1) is 0 Å². The van der Waals surface area contributed by atoms with Crippen LogP contribution in [0.3, 0.4) is 0 Å². The Morgan fingerprint density at radius 2 is 2.00 bits per heavy atom. The Morgan fingerprint density at radius 3 is 2.69 bits per heavy atom. The fourth-order valence-electron chi connectivity index (χ4n) is 2.90. The topological polar surface area (TPSA) is 138 Å². The van der Waals surface area contributed by atoms with Gasteiger partial charge in [0, 0.05) is 29.9 Å². The Labute approximate surface area is 214 Å². The third-order valence-electron chi connectivity index (χ3n) is 4.59. The number of nitrogens with two attached hydrogens (primary N) is 1. The van der Waals surface area contributed by atoms with Crippen LogP contribution in [0.25, 0.3) is 11.1 Å². The quantitative estimate of drug-likeness (QED) is 0.185. The Morgan fingerprint density at radius 1 is 1.19 bits per heavy atom. The summed E-state index contributed by atoms with van der Waals surface area (Å²) in [5.41, 5.74) is 7.09. The standard InChI is InChI=1S/C24H22BrF2N7O2/c1-2-22(36)31-15-4-6-19(26)21(10-15)33-23-17(14-3-5-18(25)20(27)9-14)13-30-24(34-23)32-16(11-28)12-29-7-8-35/h2-6,9-13,35H,1,7-8,28H2,(H,31,36)(H2,30,32,33,34)/b16-11+,29-12?. The normalized spacial score (nSPS) is 11.4. The molecule has 1 heterocycles. The first-order valence-electron chi connectivity index (χ1n) is 10.5. The van der Waals surface area contributed by atoms with Gasteiger partial charge in [-0.05, 0) is 57.9 Å². The van der Waals surface area contributed by atoms with Crippen molar-refractivity contribution in [2.24, 2.45) is 10.7 Å². The van der Waals surface area contributed by atoms with Gasteiger partial charge in [0.25, 0.3) is 0 Å². The molecule has 3 aromatic rings. The number of anilines is 4. The van der Waals surface area contributed by atoms with E-state index in [1.807, 2.05) is 0 Å². The van der Waals surface area contributed by atoms with E-state index in [4.69, 9.17) is 10.8 Å². The summed E-state index contributed by atoms with van der Waals surface area (Å²) in [6, 6.07) is 8.40. The minimum atomic E-state index is -0.619. The molecule has 6 N–H and O–H groups in total. The zero-order chi connectivity index (χ0) is 26.1. The molecular weight excluding hydrogens is 536 g/mol. The van der Waals surface area contributed by atoms with Gasteiger partial charge in [0.05, 0.1) is 29.0 Å². The summed E-state index contributed by atoms with van der Waals surface area (Å²) in [7, 11) is 0. The molecule has 9 nitrogen and oxygen atoms in total. The molecule has 0 unspecified atom stereocenters. The largest absolute Gasteiger partial charge is 0.403 e. The summed E-state index contributed by atoms with van der Waals surface area (Å²) in [6.45, 7) is 3.44. The van der Waals surface area contributed by atoms with Crippen molar-refractivity contribution in [3.05, 3.63) is 83.3 Å². The van der Waals surface area contributed by atoms with Gasteiger partial charge < -0.3 is 26.8 Å². The maximum atomic E-state index is 14.7. The molecule has 0 atom stereocenters. The second-order valence-corrected chi connectivity index (χ2v) is 7.96. The highest BCUT2D eigenvalue weighted by Crippen LogP contribution is 2.33. The first-order valence-corrected chi connectivity index (χ1v) is 11.3. The lowest BCUT2D eigenvalue weighted by molar-refractivity contribution is -0.111. The molecule has 0 aliphatic carbocycles. The van der Waals surface area contributed by atoms with Crippen LogP contribution >= 0.6 is 15.9 Å². The number of nitrogens with one attached hydrogen (secondary N) is 3. The summed E-state index contributed by atoms with van der Waals surface area (Å²) < 4.78 is 29.2. The van der Waals surface area contributed by atoms with Gasteiger partial charge in [-0.3, -0.25) is 9.79 Å². The van der Waals surface area contributed by atoms with Crippen molar-refractivity contribution in [3.8, 4) is 11.1 Å². The highest BCUT2D eigenvalue weighted by Gasteiger charge is 2.15. The molecule has 0 aliphatic rings. The van der Waals surface area contributed by atoms with Crippen LogP contribution in [-0.4, -0.2) is 40.3 Å². The van der Waals surface area contributed by atoms with Gasteiger partial charge in [0.15, 0.2) is 0 Å². The van der Waals surface area contributed by atoms with Crippen LogP contribution in [0.4, 0.5) is 31.9 Å². The second kappa shape index (κ2) is 12.5. The van der Waals surface area contributed by atoms with E-state index in [9.17, 15) is 13.6 Å². The van der Waals surface area contributed by atoms with E-state index in [2.05, 4.69) is 53.4 Å². The first kappa shape index (κ1) is 26.4. The third kappa shape index (κ3) is 6.93. The van der Waals surface area contributed by atoms with Crippen molar-refractivity contribution in [2.75, 3.05) is 29.1 Å². The SMILES string of the molecule is C=CC(=O)Nc1ccc(F)c(Nc2nc(N/C(C=NCCO)=C/N)ncc2-c2ccc(Br)c(F)c2)c1. The molecule has 186 valence electrons. The number of carbonyl (C=O) groups excluding carboxylic acids is 1. The van der Waals surface area contributed by atoms with E-state index >= 15 is 0 Å². The molecule has 0 saturated carbocycles. The van der Waals surface area contributed by atoms with E-state index in [-0.39, 0.29) is 35.1 Å². The van der Waals surface area contributed by atoms with Crippen LogP contribution < -0.4 is 21.7 Å². The number of benzene rings is 2. The zero-order valence-electron chi connectivity index (χ0n) is 18.8. The molecule has 0 aliphatic heterocycles. The number of nitrogens with zero attached hydrogens (tertiary/aromatic N) is 3. The number of rotatable bonds is 10. The molecule has 0 spiro atoms. The summed E-state index contributed by atoms with van der Waals surface area (Å²) in [6.07, 6.45) is 5.16. The van der Waals surface area contributed by atoms with Gasteiger partial charge in [0.1, 0.15) is 17.5 Å². The van der Waals surface area contributed by atoms with E-state index in [0.29, 0.717) is 22.5 Å². The first-order chi connectivity index (χ1) is 17.3. The highest BCUT2D eigenvalue weighted by atomic mass is 79.9. The molecule has 1 amide bonds. The molecule has 12 heteroatoms. The van der Waals surface area contributed by atoms with Crippen molar-refractivity contribution in [2.45, 2.75) is 0 Å². The number of amides is 1. The fourth-order valence-corrected chi connectivity index (χ4v) is 3.15. The number of hydrogen-bond acceptors (Lipinski definition) is 8. The Kier molecular flexibility index (Phi) is 9.19. The smallest absolute Gasteiger partial charge is 0.247 e. The Bertz CT molecular complexity index is 1330. The molecule has 3 rings (SSSR count). The minimum absolute atomic E-state index is 0.000514. The van der Waals surface area contributed by atoms with Crippen molar-refractivity contribution in [1.82, 2.24) is 9.97 Å². The van der Waals surface area contributed by atoms with Gasteiger partial charge in [0.2, 0.25) is 11.9 Å². The minimum Gasteiger partial charge on any atom is -0.403 e. The average molecular weight is 558 g/mol. The van der Waals surface area contributed by atoms with Crippen molar-refractivity contribution in [3.63, 3.8) is 0 Å². The number of hydrogen-bond donors (Lipinski definition) is 5. The molecule has 0 fully saturated rings. The van der Waals surface area contributed by atoms with Crippen LogP contribution in [0.15, 0.2) is 76.6 Å². The lowest BCUT2D eigenvalue weighted by atomic mass is 10.1. The highest BCUT2D eigenvalue weighted by molar-refractivity contribution is 9.10. The van der Waals surface area contributed by atoms with Gasteiger partial charge in [-0.1, -0.05) is 12.6 Å². The van der Waals surface area contributed by atoms with Crippen LogP contribution in [0.2, 0.25) is 0 Å². The fraction of sp³-hybridized carbons (Fsp3) is 0.0833. The number of aliphatic hydroxyl groups is 1. The molecule has 0 radical (unpaired) electrons. The Balaban J connectivity index is 2.03. The van der Waals surface area contributed by atoms with Crippen molar-refractivity contribution >= 4 is 51.2 Å². The molecule has 0 saturated heterocycles. The lowest BCUT2D eigenvalue weighted by Crippen LogP contribution is -2.10. The summed E-state index contributed by atoms with van der Waals surface area (Å²) in [5, 5.41) is 17.2.